The maximum absolute atomic E-state index is 3.87. The number of nitrogens with zero attached hydrogens (tertiary/aromatic N) is 3. The van der Waals surface area contributed by atoms with Crippen LogP contribution in [0.25, 0.3) is 0 Å². The molecule has 0 bridgehead atoms. The molecule has 0 radical (unpaired) electrons. The molecule has 1 aromatic heterocycles. The van der Waals surface area contributed by atoms with E-state index in [9.17, 15) is 0 Å². The van der Waals surface area contributed by atoms with Gasteiger partial charge in [0.1, 0.15) is 0 Å². The standard InChI is InChI=1S/C11H13BrN4S/c1-11(2,7-13-10-14-15-16-17-10)8-4-3-5-9(12)6-8/h3-6H,7H2,1-2H3,(H,13,14,16). The fourth-order valence-electron chi connectivity index (χ4n) is 1.51. The van der Waals surface area contributed by atoms with Gasteiger partial charge < -0.3 is 5.32 Å². The summed E-state index contributed by atoms with van der Waals surface area (Å²) in [5.74, 6) is 0. The molecule has 0 aliphatic heterocycles. The number of halogens is 1. The van der Waals surface area contributed by atoms with Gasteiger partial charge in [-0.25, -0.2) is 0 Å². The highest BCUT2D eigenvalue weighted by atomic mass is 79.9. The normalized spacial score (nSPS) is 11.5. The van der Waals surface area contributed by atoms with Gasteiger partial charge in [-0.3, -0.25) is 0 Å². The van der Waals surface area contributed by atoms with Crippen molar-refractivity contribution in [2.24, 2.45) is 0 Å². The summed E-state index contributed by atoms with van der Waals surface area (Å²) < 4.78 is 4.82. The van der Waals surface area contributed by atoms with Gasteiger partial charge in [0.05, 0.1) is 0 Å². The lowest BCUT2D eigenvalue weighted by Crippen LogP contribution is -2.27. The van der Waals surface area contributed by atoms with Crippen LogP contribution in [0.3, 0.4) is 0 Å². The second kappa shape index (κ2) is 5.10. The highest BCUT2D eigenvalue weighted by Gasteiger charge is 2.21. The van der Waals surface area contributed by atoms with Crippen LogP contribution < -0.4 is 5.32 Å². The van der Waals surface area contributed by atoms with Crippen molar-refractivity contribution in [1.82, 2.24) is 14.8 Å². The molecule has 0 saturated carbocycles. The van der Waals surface area contributed by atoms with E-state index in [1.54, 1.807) is 0 Å². The topological polar surface area (TPSA) is 50.7 Å². The molecule has 0 saturated heterocycles. The molecule has 0 aliphatic rings. The number of benzene rings is 1. The third kappa shape index (κ3) is 3.23. The van der Waals surface area contributed by atoms with Gasteiger partial charge >= 0.3 is 0 Å². The van der Waals surface area contributed by atoms with Crippen molar-refractivity contribution in [1.29, 1.82) is 0 Å². The molecule has 0 amide bonds. The molecule has 4 nitrogen and oxygen atoms in total. The van der Waals surface area contributed by atoms with Gasteiger partial charge in [0.15, 0.2) is 0 Å². The zero-order valence-electron chi connectivity index (χ0n) is 9.64. The molecule has 0 aliphatic carbocycles. The number of hydrogen-bond donors (Lipinski definition) is 1. The highest BCUT2D eigenvalue weighted by molar-refractivity contribution is 9.10. The van der Waals surface area contributed by atoms with E-state index < -0.39 is 0 Å². The van der Waals surface area contributed by atoms with Crippen LogP contribution in [0.5, 0.6) is 0 Å². The van der Waals surface area contributed by atoms with E-state index >= 15 is 0 Å². The predicted molar refractivity (Wildman–Crippen MR) is 73.4 cm³/mol. The Morgan fingerprint density at radius 1 is 1.41 bits per heavy atom. The molecule has 90 valence electrons. The monoisotopic (exact) mass is 312 g/mol. The van der Waals surface area contributed by atoms with Crippen LogP contribution >= 0.6 is 27.5 Å². The van der Waals surface area contributed by atoms with E-state index in [0.717, 1.165) is 16.1 Å². The molecule has 0 fully saturated rings. The predicted octanol–water partition coefficient (Wildman–Crippen LogP) is 3.09. The van der Waals surface area contributed by atoms with Gasteiger partial charge in [-0.1, -0.05) is 51.5 Å². The summed E-state index contributed by atoms with van der Waals surface area (Å²) in [6.45, 7) is 5.17. The maximum atomic E-state index is 3.87. The number of anilines is 1. The Labute approximate surface area is 113 Å². The van der Waals surface area contributed by atoms with Crippen molar-refractivity contribution < 1.29 is 0 Å². The first kappa shape index (κ1) is 12.4. The molecule has 6 heteroatoms. The van der Waals surface area contributed by atoms with E-state index in [2.05, 4.69) is 62.0 Å². The van der Waals surface area contributed by atoms with E-state index in [-0.39, 0.29) is 5.41 Å². The summed E-state index contributed by atoms with van der Waals surface area (Å²) in [7, 11) is 0. The Morgan fingerprint density at radius 3 is 2.88 bits per heavy atom. The van der Waals surface area contributed by atoms with E-state index in [0.29, 0.717) is 0 Å². The first-order chi connectivity index (χ1) is 8.08. The summed E-state index contributed by atoms with van der Waals surface area (Å²) in [5, 5.41) is 11.4. The van der Waals surface area contributed by atoms with Crippen molar-refractivity contribution in [2.75, 3.05) is 11.9 Å². The molecule has 0 spiro atoms. The first-order valence-corrected chi connectivity index (χ1v) is 6.79. The maximum Gasteiger partial charge on any atom is 0.225 e. The number of rotatable bonds is 4. The zero-order valence-corrected chi connectivity index (χ0v) is 12.0. The number of aromatic nitrogens is 3. The Kier molecular flexibility index (Phi) is 3.73. The van der Waals surface area contributed by atoms with Crippen LogP contribution in [-0.2, 0) is 5.41 Å². The molecule has 2 aromatic rings. The number of hydrogen-bond acceptors (Lipinski definition) is 5. The first-order valence-electron chi connectivity index (χ1n) is 5.23. The lowest BCUT2D eigenvalue weighted by Gasteiger charge is -2.25. The van der Waals surface area contributed by atoms with Gasteiger partial charge in [0.2, 0.25) is 5.13 Å². The second-order valence-electron chi connectivity index (χ2n) is 4.42. The minimum Gasteiger partial charge on any atom is -0.358 e. The summed E-state index contributed by atoms with van der Waals surface area (Å²) in [6, 6.07) is 8.35. The van der Waals surface area contributed by atoms with Crippen molar-refractivity contribution >= 4 is 32.6 Å². The van der Waals surface area contributed by atoms with E-state index in [1.807, 2.05) is 12.1 Å². The third-order valence-corrected chi connectivity index (χ3v) is 3.63. The minimum absolute atomic E-state index is 0.0233. The average Bonchev–Trinajstić information content (AvgIpc) is 2.79. The van der Waals surface area contributed by atoms with Gasteiger partial charge in [-0.05, 0) is 22.9 Å². The van der Waals surface area contributed by atoms with E-state index in [4.69, 9.17) is 0 Å². The molecule has 0 atom stereocenters. The van der Waals surface area contributed by atoms with Crippen LogP contribution in [0.2, 0.25) is 0 Å². The fourth-order valence-corrected chi connectivity index (χ4v) is 2.27. The van der Waals surface area contributed by atoms with Crippen LogP contribution in [0.1, 0.15) is 19.4 Å². The average molecular weight is 313 g/mol. The summed E-state index contributed by atoms with van der Waals surface area (Å²) in [5.41, 5.74) is 1.30. The molecular weight excluding hydrogens is 300 g/mol. The molecular formula is C11H13BrN4S. The van der Waals surface area contributed by atoms with Gasteiger partial charge in [-0.15, -0.1) is 0 Å². The number of nitrogens with one attached hydrogen (secondary N) is 1. The molecule has 0 unspecified atom stereocenters. The van der Waals surface area contributed by atoms with E-state index in [1.165, 1.54) is 17.1 Å². The summed E-state index contributed by atoms with van der Waals surface area (Å²) >= 11 is 4.76. The molecule has 2 rings (SSSR count). The summed E-state index contributed by atoms with van der Waals surface area (Å²) in [6.07, 6.45) is 0. The quantitative estimate of drug-likeness (QED) is 0.942. The van der Waals surface area contributed by atoms with Crippen molar-refractivity contribution in [3.05, 3.63) is 34.3 Å². The van der Waals surface area contributed by atoms with Crippen LogP contribution in [0.4, 0.5) is 5.13 Å². The largest absolute Gasteiger partial charge is 0.358 e. The fraction of sp³-hybridized carbons (Fsp3) is 0.364. The van der Waals surface area contributed by atoms with Crippen molar-refractivity contribution in [3.63, 3.8) is 0 Å². The van der Waals surface area contributed by atoms with Gasteiger partial charge in [0.25, 0.3) is 0 Å². The lowest BCUT2D eigenvalue weighted by atomic mass is 9.85. The Balaban J connectivity index is 2.08. The smallest absolute Gasteiger partial charge is 0.225 e. The molecule has 1 heterocycles. The van der Waals surface area contributed by atoms with Crippen molar-refractivity contribution in [2.45, 2.75) is 19.3 Å². The minimum atomic E-state index is 0.0233. The molecule has 1 aromatic carbocycles. The Bertz CT molecular complexity index is 484. The van der Waals surface area contributed by atoms with Crippen LogP contribution in [0.15, 0.2) is 28.7 Å². The van der Waals surface area contributed by atoms with Crippen LogP contribution in [-0.4, -0.2) is 21.3 Å². The lowest BCUT2D eigenvalue weighted by molar-refractivity contribution is 0.556. The Morgan fingerprint density at radius 2 is 2.24 bits per heavy atom. The third-order valence-electron chi connectivity index (χ3n) is 2.59. The molecule has 1 N–H and O–H groups in total. The SMILES string of the molecule is CC(C)(CNc1nnns1)c1cccc(Br)c1. The zero-order chi connectivity index (χ0) is 12.3. The molecule has 17 heavy (non-hydrogen) atoms. The van der Waals surface area contributed by atoms with Crippen molar-refractivity contribution in [3.8, 4) is 0 Å². The van der Waals surface area contributed by atoms with Gasteiger partial charge in [0, 0.05) is 28.0 Å². The highest BCUT2D eigenvalue weighted by Crippen LogP contribution is 2.26. The second-order valence-corrected chi connectivity index (χ2v) is 6.06. The van der Waals surface area contributed by atoms with Gasteiger partial charge in [-0.2, -0.15) is 0 Å². The summed E-state index contributed by atoms with van der Waals surface area (Å²) in [4.78, 5) is 0. The van der Waals surface area contributed by atoms with Crippen LogP contribution in [0, 0.1) is 0 Å². The Hall–Kier alpha value is -1.01.